The molecule has 0 aliphatic heterocycles. The summed E-state index contributed by atoms with van der Waals surface area (Å²) in [4.78, 5) is 4.07. The SMILES string of the molecule is BrCCCCCNCc1cccnc1. The maximum Gasteiger partial charge on any atom is 0.0312 e. The minimum atomic E-state index is 0.933. The van der Waals surface area contributed by atoms with Crippen molar-refractivity contribution in [2.75, 3.05) is 11.9 Å². The van der Waals surface area contributed by atoms with Gasteiger partial charge in [-0.05, 0) is 31.0 Å². The van der Waals surface area contributed by atoms with Gasteiger partial charge in [-0.2, -0.15) is 0 Å². The highest BCUT2D eigenvalue weighted by Gasteiger charge is 1.91. The lowest BCUT2D eigenvalue weighted by atomic mass is 10.2. The molecule has 2 nitrogen and oxygen atoms in total. The molecule has 1 rings (SSSR count). The molecule has 1 aromatic heterocycles. The summed E-state index contributed by atoms with van der Waals surface area (Å²) in [6, 6.07) is 4.07. The van der Waals surface area contributed by atoms with Gasteiger partial charge in [0.1, 0.15) is 0 Å². The van der Waals surface area contributed by atoms with Gasteiger partial charge < -0.3 is 5.32 Å². The predicted octanol–water partition coefficient (Wildman–Crippen LogP) is 2.74. The number of unbranched alkanes of at least 4 members (excludes halogenated alkanes) is 2. The molecule has 78 valence electrons. The second kappa shape index (κ2) is 7.94. The summed E-state index contributed by atoms with van der Waals surface area (Å²) in [6.45, 7) is 2.03. The third kappa shape index (κ3) is 5.35. The van der Waals surface area contributed by atoms with E-state index < -0.39 is 0 Å². The predicted molar refractivity (Wildman–Crippen MR) is 63.6 cm³/mol. The topological polar surface area (TPSA) is 24.9 Å². The summed E-state index contributed by atoms with van der Waals surface area (Å²) in [5.41, 5.74) is 1.26. The van der Waals surface area contributed by atoms with Crippen molar-refractivity contribution < 1.29 is 0 Å². The molecule has 0 bridgehead atoms. The molecular weight excluding hydrogens is 240 g/mol. The molecule has 1 N–H and O–H groups in total. The van der Waals surface area contributed by atoms with Crippen LogP contribution >= 0.6 is 15.9 Å². The third-order valence-electron chi connectivity index (χ3n) is 2.04. The molecule has 0 aliphatic carbocycles. The van der Waals surface area contributed by atoms with Crippen LogP contribution in [0.15, 0.2) is 24.5 Å². The summed E-state index contributed by atoms with van der Waals surface area (Å²) in [7, 11) is 0. The smallest absolute Gasteiger partial charge is 0.0312 e. The van der Waals surface area contributed by atoms with E-state index in [-0.39, 0.29) is 0 Å². The largest absolute Gasteiger partial charge is 0.313 e. The number of halogens is 1. The summed E-state index contributed by atoms with van der Waals surface area (Å²) in [5.74, 6) is 0. The molecule has 0 unspecified atom stereocenters. The van der Waals surface area contributed by atoms with Gasteiger partial charge in [-0.25, -0.2) is 0 Å². The van der Waals surface area contributed by atoms with Crippen LogP contribution in [-0.4, -0.2) is 16.9 Å². The molecule has 0 saturated heterocycles. The monoisotopic (exact) mass is 256 g/mol. The van der Waals surface area contributed by atoms with E-state index in [9.17, 15) is 0 Å². The number of alkyl halides is 1. The molecule has 0 atom stereocenters. The maximum absolute atomic E-state index is 4.07. The summed E-state index contributed by atoms with van der Waals surface area (Å²) in [5, 5.41) is 4.53. The van der Waals surface area contributed by atoms with Gasteiger partial charge in [0, 0.05) is 24.3 Å². The Bertz CT molecular complexity index is 226. The van der Waals surface area contributed by atoms with Crippen molar-refractivity contribution in [3.05, 3.63) is 30.1 Å². The van der Waals surface area contributed by atoms with Crippen LogP contribution in [0.3, 0.4) is 0 Å². The second-order valence-corrected chi connectivity index (χ2v) is 4.08. The van der Waals surface area contributed by atoms with Crippen LogP contribution in [0, 0.1) is 0 Å². The minimum Gasteiger partial charge on any atom is -0.313 e. The number of hydrogen-bond acceptors (Lipinski definition) is 2. The van der Waals surface area contributed by atoms with E-state index >= 15 is 0 Å². The highest BCUT2D eigenvalue weighted by atomic mass is 79.9. The molecule has 3 heteroatoms. The Kier molecular flexibility index (Phi) is 6.62. The van der Waals surface area contributed by atoms with Crippen molar-refractivity contribution in [3.8, 4) is 0 Å². The lowest BCUT2D eigenvalue weighted by Gasteiger charge is -2.03. The number of nitrogens with one attached hydrogen (secondary N) is 1. The molecule has 0 aromatic carbocycles. The first-order chi connectivity index (χ1) is 6.93. The fourth-order valence-electron chi connectivity index (χ4n) is 1.26. The molecule has 0 saturated carbocycles. The van der Waals surface area contributed by atoms with Gasteiger partial charge in [-0.3, -0.25) is 4.98 Å². The zero-order valence-electron chi connectivity index (χ0n) is 8.38. The van der Waals surface area contributed by atoms with Crippen LogP contribution in [0.1, 0.15) is 24.8 Å². The normalized spacial score (nSPS) is 10.4. The maximum atomic E-state index is 4.07. The summed E-state index contributed by atoms with van der Waals surface area (Å²) in [6.07, 6.45) is 7.54. The van der Waals surface area contributed by atoms with Gasteiger partial charge in [0.25, 0.3) is 0 Å². The Balaban J connectivity index is 1.99. The molecule has 0 fully saturated rings. The molecule has 1 aromatic rings. The van der Waals surface area contributed by atoms with Gasteiger partial charge in [-0.15, -0.1) is 0 Å². The van der Waals surface area contributed by atoms with E-state index in [1.807, 2.05) is 12.3 Å². The molecule has 1 heterocycles. The summed E-state index contributed by atoms with van der Waals surface area (Å²) < 4.78 is 0. The Hall–Kier alpha value is -0.410. The van der Waals surface area contributed by atoms with Crippen molar-refractivity contribution in [1.82, 2.24) is 10.3 Å². The molecule has 0 radical (unpaired) electrons. The number of aromatic nitrogens is 1. The molecule has 0 spiro atoms. The molecule has 14 heavy (non-hydrogen) atoms. The fourth-order valence-corrected chi connectivity index (χ4v) is 1.65. The Labute approximate surface area is 94.3 Å². The van der Waals surface area contributed by atoms with Gasteiger partial charge >= 0.3 is 0 Å². The first-order valence-corrected chi connectivity index (χ1v) is 6.21. The van der Waals surface area contributed by atoms with E-state index in [4.69, 9.17) is 0 Å². The highest BCUT2D eigenvalue weighted by Crippen LogP contribution is 1.98. The van der Waals surface area contributed by atoms with Crippen molar-refractivity contribution >= 4 is 15.9 Å². The van der Waals surface area contributed by atoms with E-state index in [0.29, 0.717) is 0 Å². The van der Waals surface area contributed by atoms with Crippen LogP contribution in [0.2, 0.25) is 0 Å². The average Bonchev–Trinajstić information content (AvgIpc) is 2.25. The zero-order chi connectivity index (χ0) is 10.1. The standard InChI is InChI=1S/C11H17BrN2/c12-6-2-1-3-7-13-9-11-5-4-8-14-10-11/h4-5,8,10,13H,1-3,6-7,9H2. The number of rotatable bonds is 7. The van der Waals surface area contributed by atoms with E-state index in [1.54, 1.807) is 6.20 Å². The van der Waals surface area contributed by atoms with Crippen LogP contribution in [0.5, 0.6) is 0 Å². The van der Waals surface area contributed by atoms with Crippen molar-refractivity contribution in [3.63, 3.8) is 0 Å². The van der Waals surface area contributed by atoms with E-state index in [0.717, 1.165) is 18.4 Å². The van der Waals surface area contributed by atoms with Crippen LogP contribution in [0.25, 0.3) is 0 Å². The van der Waals surface area contributed by atoms with Crippen LogP contribution < -0.4 is 5.32 Å². The van der Waals surface area contributed by atoms with Gasteiger partial charge in [0.05, 0.1) is 0 Å². The van der Waals surface area contributed by atoms with Crippen molar-refractivity contribution in [2.45, 2.75) is 25.8 Å². The first-order valence-electron chi connectivity index (χ1n) is 5.09. The number of hydrogen-bond donors (Lipinski definition) is 1. The Morgan fingerprint density at radius 1 is 1.29 bits per heavy atom. The summed E-state index contributed by atoms with van der Waals surface area (Å²) >= 11 is 3.43. The fraction of sp³-hybridized carbons (Fsp3) is 0.545. The average molecular weight is 257 g/mol. The first kappa shape index (κ1) is 11.7. The van der Waals surface area contributed by atoms with Crippen molar-refractivity contribution in [1.29, 1.82) is 0 Å². The van der Waals surface area contributed by atoms with Gasteiger partial charge in [0.15, 0.2) is 0 Å². The molecule has 0 aliphatic rings. The molecular formula is C11H17BrN2. The van der Waals surface area contributed by atoms with Crippen LogP contribution in [0.4, 0.5) is 0 Å². The lowest BCUT2D eigenvalue weighted by Crippen LogP contribution is -2.14. The molecule has 0 amide bonds. The van der Waals surface area contributed by atoms with Crippen LogP contribution in [-0.2, 0) is 6.54 Å². The lowest BCUT2D eigenvalue weighted by molar-refractivity contribution is 0.618. The van der Waals surface area contributed by atoms with Gasteiger partial charge in [-0.1, -0.05) is 28.4 Å². The Morgan fingerprint density at radius 3 is 2.93 bits per heavy atom. The minimum absolute atomic E-state index is 0.933. The number of pyridine rings is 1. The van der Waals surface area contributed by atoms with E-state index in [2.05, 4.69) is 32.3 Å². The second-order valence-electron chi connectivity index (χ2n) is 3.29. The third-order valence-corrected chi connectivity index (χ3v) is 2.60. The van der Waals surface area contributed by atoms with Crippen molar-refractivity contribution in [2.24, 2.45) is 0 Å². The zero-order valence-corrected chi connectivity index (χ0v) is 9.96. The quantitative estimate of drug-likeness (QED) is 0.600. The Morgan fingerprint density at radius 2 is 2.21 bits per heavy atom. The van der Waals surface area contributed by atoms with E-state index in [1.165, 1.54) is 24.8 Å². The highest BCUT2D eigenvalue weighted by molar-refractivity contribution is 9.09. The number of nitrogens with zero attached hydrogens (tertiary/aromatic N) is 1. The van der Waals surface area contributed by atoms with Gasteiger partial charge in [0.2, 0.25) is 0 Å².